The number of nitrogens with zero attached hydrogens (tertiary/aromatic N) is 2. The highest BCUT2D eigenvalue weighted by Crippen LogP contribution is 2.30. The number of nitrogens with one attached hydrogen (secondary N) is 1. The van der Waals surface area contributed by atoms with E-state index >= 15 is 0 Å². The zero-order valence-corrected chi connectivity index (χ0v) is 12.0. The molecule has 0 aliphatic carbocycles. The first-order valence-electron chi connectivity index (χ1n) is 6.10. The standard InChI is InChI=1S/C14H14N4OS/c1-8-7-9(19-2)3-4-11(8)16-12-10-5-6-20-13(10)18-14(15)17-12/h3-7H,1-2H3,(H3,15,16,17,18). The van der Waals surface area contributed by atoms with Gasteiger partial charge in [-0.2, -0.15) is 4.98 Å². The van der Waals surface area contributed by atoms with Crippen LogP contribution in [-0.4, -0.2) is 17.1 Å². The van der Waals surface area contributed by atoms with Crippen molar-refractivity contribution in [3.05, 3.63) is 35.2 Å². The third-order valence-corrected chi connectivity index (χ3v) is 3.84. The lowest BCUT2D eigenvalue weighted by atomic mass is 10.2. The predicted octanol–water partition coefficient (Wildman–Crippen LogP) is 3.33. The number of anilines is 3. The number of benzene rings is 1. The largest absolute Gasteiger partial charge is 0.497 e. The molecule has 0 radical (unpaired) electrons. The van der Waals surface area contributed by atoms with Crippen molar-refractivity contribution < 1.29 is 4.74 Å². The minimum absolute atomic E-state index is 0.272. The average molecular weight is 286 g/mol. The van der Waals surface area contributed by atoms with E-state index in [1.807, 2.05) is 36.6 Å². The van der Waals surface area contributed by atoms with E-state index in [9.17, 15) is 0 Å². The van der Waals surface area contributed by atoms with E-state index < -0.39 is 0 Å². The highest BCUT2D eigenvalue weighted by molar-refractivity contribution is 7.16. The Morgan fingerprint density at radius 3 is 2.85 bits per heavy atom. The summed E-state index contributed by atoms with van der Waals surface area (Å²) in [5.41, 5.74) is 7.79. The van der Waals surface area contributed by atoms with Crippen LogP contribution < -0.4 is 15.8 Å². The lowest BCUT2D eigenvalue weighted by Gasteiger charge is -2.11. The molecule has 2 aromatic heterocycles. The second kappa shape index (κ2) is 4.97. The van der Waals surface area contributed by atoms with Gasteiger partial charge in [0.05, 0.1) is 12.5 Å². The number of aryl methyl sites for hydroxylation is 1. The van der Waals surface area contributed by atoms with Crippen LogP contribution >= 0.6 is 11.3 Å². The van der Waals surface area contributed by atoms with Gasteiger partial charge in [0.2, 0.25) is 5.95 Å². The van der Waals surface area contributed by atoms with Gasteiger partial charge in [-0.3, -0.25) is 0 Å². The molecule has 20 heavy (non-hydrogen) atoms. The summed E-state index contributed by atoms with van der Waals surface area (Å²) in [6.45, 7) is 2.01. The van der Waals surface area contributed by atoms with Crippen LogP contribution in [0.2, 0.25) is 0 Å². The van der Waals surface area contributed by atoms with E-state index in [0.717, 1.165) is 33.0 Å². The summed E-state index contributed by atoms with van der Waals surface area (Å²) in [5, 5.41) is 6.26. The molecule has 0 amide bonds. The predicted molar refractivity (Wildman–Crippen MR) is 82.8 cm³/mol. The maximum atomic E-state index is 5.75. The second-order valence-electron chi connectivity index (χ2n) is 4.38. The monoisotopic (exact) mass is 286 g/mol. The van der Waals surface area contributed by atoms with Crippen LogP contribution in [-0.2, 0) is 0 Å². The van der Waals surface area contributed by atoms with E-state index in [1.165, 1.54) is 0 Å². The number of fused-ring (bicyclic) bond motifs is 1. The number of hydrogen-bond acceptors (Lipinski definition) is 6. The van der Waals surface area contributed by atoms with Crippen molar-refractivity contribution in [2.24, 2.45) is 0 Å². The summed E-state index contributed by atoms with van der Waals surface area (Å²) in [4.78, 5) is 9.38. The minimum Gasteiger partial charge on any atom is -0.497 e. The zero-order valence-electron chi connectivity index (χ0n) is 11.2. The second-order valence-corrected chi connectivity index (χ2v) is 5.27. The van der Waals surface area contributed by atoms with E-state index in [2.05, 4.69) is 15.3 Å². The highest BCUT2D eigenvalue weighted by atomic mass is 32.1. The molecule has 0 bridgehead atoms. The van der Waals surface area contributed by atoms with Crippen molar-refractivity contribution in [2.75, 3.05) is 18.2 Å². The van der Waals surface area contributed by atoms with Gasteiger partial charge in [0, 0.05) is 5.69 Å². The molecule has 0 unspecified atom stereocenters. The van der Waals surface area contributed by atoms with Crippen molar-refractivity contribution in [1.29, 1.82) is 0 Å². The number of nitrogens with two attached hydrogens (primary N) is 1. The van der Waals surface area contributed by atoms with Crippen LogP contribution in [0.15, 0.2) is 29.6 Å². The van der Waals surface area contributed by atoms with E-state index in [-0.39, 0.29) is 5.95 Å². The molecule has 3 N–H and O–H groups in total. The Kier molecular flexibility index (Phi) is 3.15. The van der Waals surface area contributed by atoms with Crippen molar-refractivity contribution in [3.8, 4) is 5.75 Å². The Hall–Kier alpha value is -2.34. The third-order valence-electron chi connectivity index (χ3n) is 3.03. The summed E-state index contributed by atoms with van der Waals surface area (Å²) >= 11 is 1.55. The van der Waals surface area contributed by atoms with Gasteiger partial charge in [0.1, 0.15) is 16.4 Å². The number of methoxy groups -OCH3 is 1. The molecular formula is C14H14N4OS. The molecule has 0 aliphatic rings. The van der Waals surface area contributed by atoms with Gasteiger partial charge in [-0.1, -0.05) is 0 Å². The lowest BCUT2D eigenvalue weighted by molar-refractivity contribution is 0.414. The molecule has 0 saturated heterocycles. The maximum absolute atomic E-state index is 5.75. The Balaban J connectivity index is 2.03. The Bertz CT molecular complexity index is 769. The molecular weight excluding hydrogens is 272 g/mol. The van der Waals surface area contributed by atoms with Crippen molar-refractivity contribution in [3.63, 3.8) is 0 Å². The Labute approximate surface area is 120 Å². The maximum Gasteiger partial charge on any atom is 0.223 e. The molecule has 0 fully saturated rings. The summed E-state index contributed by atoms with van der Waals surface area (Å²) in [6, 6.07) is 7.83. The van der Waals surface area contributed by atoms with E-state index in [4.69, 9.17) is 10.5 Å². The smallest absolute Gasteiger partial charge is 0.223 e. The first-order chi connectivity index (χ1) is 9.67. The van der Waals surface area contributed by atoms with Crippen molar-refractivity contribution in [2.45, 2.75) is 6.92 Å². The number of rotatable bonds is 3. The summed E-state index contributed by atoms with van der Waals surface area (Å²) in [6.07, 6.45) is 0. The van der Waals surface area contributed by atoms with Crippen molar-refractivity contribution >= 4 is 39.0 Å². The van der Waals surface area contributed by atoms with Gasteiger partial charge in [0.25, 0.3) is 0 Å². The fourth-order valence-electron chi connectivity index (χ4n) is 2.00. The van der Waals surface area contributed by atoms with Crippen LogP contribution in [0.1, 0.15) is 5.56 Å². The minimum atomic E-state index is 0.272. The summed E-state index contributed by atoms with van der Waals surface area (Å²) in [7, 11) is 1.65. The van der Waals surface area contributed by atoms with Gasteiger partial charge >= 0.3 is 0 Å². The number of aromatic nitrogens is 2. The fourth-order valence-corrected chi connectivity index (χ4v) is 2.77. The van der Waals surface area contributed by atoms with Gasteiger partial charge < -0.3 is 15.8 Å². The zero-order chi connectivity index (χ0) is 14.1. The van der Waals surface area contributed by atoms with Crippen LogP contribution in [0, 0.1) is 6.92 Å². The van der Waals surface area contributed by atoms with E-state index in [0.29, 0.717) is 0 Å². The normalized spacial score (nSPS) is 10.7. The van der Waals surface area contributed by atoms with E-state index in [1.54, 1.807) is 18.4 Å². The molecule has 102 valence electrons. The molecule has 0 spiro atoms. The SMILES string of the molecule is COc1ccc(Nc2nc(N)nc3sccc23)c(C)c1. The lowest BCUT2D eigenvalue weighted by Crippen LogP contribution is -2.01. The quantitative estimate of drug-likeness (QED) is 0.772. The number of hydrogen-bond donors (Lipinski definition) is 2. The van der Waals surface area contributed by atoms with Crippen LogP contribution in [0.5, 0.6) is 5.75 Å². The van der Waals surface area contributed by atoms with Crippen molar-refractivity contribution in [1.82, 2.24) is 9.97 Å². The van der Waals surface area contributed by atoms with Crippen LogP contribution in [0.4, 0.5) is 17.5 Å². The molecule has 0 saturated carbocycles. The molecule has 2 heterocycles. The first kappa shape index (κ1) is 12.7. The molecule has 5 nitrogen and oxygen atoms in total. The number of thiophene rings is 1. The highest BCUT2D eigenvalue weighted by Gasteiger charge is 2.09. The average Bonchev–Trinajstić information content (AvgIpc) is 2.89. The molecule has 6 heteroatoms. The summed E-state index contributed by atoms with van der Waals surface area (Å²) in [5.74, 6) is 1.83. The van der Waals surface area contributed by atoms with Gasteiger partial charge in [0.15, 0.2) is 0 Å². The fraction of sp³-hybridized carbons (Fsp3) is 0.143. The topological polar surface area (TPSA) is 73.1 Å². The number of nitrogen functional groups attached to an aromatic ring is 1. The first-order valence-corrected chi connectivity index (χ1v) is 6.97. The number of ether oxygens (including phenoxy) is 1. The molecule has 3 aromatic rings. The van der Waals surface area contributed by atoms with Gasteiger partial charge in [-0.05, 0) is 42.1 Å². The Morgan fingerprint density at radius 1 is 1.25 bits per heavy atom. The Morgan fingerprint density at radius 2 is 2.10 bits per heavy atom. The molecule has 3 rings (SSSR count). The third kappa shape index (κ3) is 2.25. The molecule has 0 aliphatic heterocycles. The van der Waals surface area contributed by atoms with Crippen LogP contribution in [0.25, 0.3) is 10.2 Å². The van der Waals surface area contributed by atoms with Crippen LogP contribution in [0.3, 0.4) is 0 Å². The molecule has 0 atom stereocenters. The van der Waals surface area contributed by atoms with Gasteiger partial charge in [-0.25, -0.2) is 4.98 Å². The summed E-state index contributed by atoms with van der Waals surface area (Å²) < 4.78 is 5.21. The molecule has 1 aromatic carbocycles. The van der Waals surface area contributed by atoms with Gasteiger partial charge in [-0.15, -0.1) is 11.3 Å².